The molecule has 0 bridgehead atoms. The maximum atomic E-state index is 11.9. The van der Waals surface area contributed by atoms with Crippen molar-refractivity contribution in [2.24, 2.45) is 0 Å². The molecule has 1 N–H and O–H groups in total. The largest absolute Gasteiger partial charge is 0.324 e. The van der Waals surface area contributed by atoms with Gasteiger partial charge in [-0.05, 0) is 12.1 Å². The van der Waals surface area contributed by atoms with Crippen LogP contribution in [-0.2, 0) is 25.4 Å². The van der Waals surface area contributed by atoms with Gasteiger partial charge in [0.2, 0.25) is 5.91 Å². The maximum Gasteiger partial charge on any atom is 0.225 e. The Morgan fingerprint density at radius 1 is 1.35 bits per heavy atom. The summed E-state index contributed by atoms with van der Waals surface area (Å²) < 4.78 is 35.0. The zero-order valence-electron chi connectivity index (χ0n) is 9.10. The van der Waals surface area contributed by atoms with Crippen molar-refractivity contribution < 1.29 is 17.4 Å². The van der Waals surface area contributed by atoms with Crippen molar-refractivity contribution in [3.05, 3.63) is 18.2 Å². The van der Waals surface area contributed by atoms with Crippen LogP contribution in [0.1, 0.15) is 6.42 Å². The number of hydrogen-bond donors (Lipinski definition) is 1. The molecule has 0 fully saturated rings. The number of carbonyl (C=O) groups excluding carboxylic acids is 1. The lowest BCUT2D eigenvalue weighted by Crippen LogP contribution is -2.13. The molecule has 0 spiro atoms. The summed E-state index contributed by atoms with van der Waals surface area (Å²) in [5, 5.41) is 2.52. The number of fused-ring (bicyclic) bond motifs is 1. The minimum atomic E-state index is -3.46. The van der Waals surface area contributed by atoms with Crippen molar-refractivity contribution in [1.82, 2.24) is 0 Å². The van der Waals surface area contributed by atoms with Gasteiger partial charge in [0.05, 0.1) is 26.3 Å². The van der Waals surface area contributed by atoms with Crippen LogP contribution in [0.4, 0.5) is 5.69 Å². The Hall–Kier alpha value is -1.21. The highest BCUT2D eigenvalue weighted by Gasteiger charge is 2.24. The second-order valence-corrected chi connectivity index (χ2v) is 7.27. The Morgan fingerprint density at radius 2 is 2.06 bits per heavy atom. The number of hydrogen-bond acceptors (Lipinski definition) is 4. The third-order valence-electron chi connectivity index (χ3n) is 2.41. The van der Waals surface area contributed by atoms with Crippen molar-refractivity contribution in [2.75, 3.05) is 17.3 Å². The number of anilines is 1. The SMILES string of the molecule is CS(=O)(=O)c1cccc2c1NC(=O)CCS2=O. The van der Waals surface area contributed by atoms with Gasteiger partial charge in [0.15, 0.2) is 9.84 Å². The van der Waals surface area contributed by atoms with Gasteiger partial charge in [-0.25, -0.2) is 8.42 Å². The van der Waals surface area contributed by atoms with Crippen LogP contribution in [0, 0.1) is 0 Å². The predicted octanol–water partition coefficient (Wildman–Crippen LogP) is 0.540. The van der Waals surface area contributed by atoms with E-state index in [-0.39, 0.29) is 28.7 Å². The highest BCUT2D eigenvalue weighted by molar-refractivity contribution is 7.91. The first-order valence-corrected chi connectivity index (χ1v) is 8.12. The zero-order chi connectivity index (χ0) is 12.6. The number of rotatable bonds is 1. The maximum absolute atomic E-state index is 11.9. The summed E-state index contributed by atoms with van der Waals surface area (Å²) in [4.78, 5) is 11.8. The molecule has 1 aliphatic heterocycles. The average molecular weight is 273 g/mol. The van der Waals surface area contributed by atoms with Gasteiger partial charge in [-0.2, -0.15) is 0 Å². The molecule has 0 aromatic heterocycles. The van der Waals surface area contributed by atoms with Crippen LogP contribution >= 0.6 is 0 Å². The number of amides is 1. The Bertz CT molecular complexity index is 607. The van der Waals surface area contributed by atoms with E-state index in [1.165, 1.54) is 12.1 Å². The Kier molecular flexibility index (Phi) is 3.05. The molecule has 1 heterocycles. The summed E-state index contributed by atoms with van der Waals surface area (Å²) in [5.74, 6) is -0.0975. The summed E-state index contributed by atoms with van der Waals surface area (Å²) in [6, 6.07) is 4.51. The van der Waals surface area contributed by atoms with Gasteiger partial charge >= 0.3 is 0 Å². The topological polar surface area (TPSA) is 80.3 Å². The van der Waals surface area contributed by atoms with Crippen LogP contribution in [0.5, 0.6) is 0 Å². The van der Waals surface area contributed by atoms with Crippen LogP contribution in [0.15, 0.2) is 28.0 Å². The van der Waals surface area contributed by atoms with Crippen molar-refractivity contribution in [2.45, 2.75) is 16.2 Å². The standard InChI is InChI=1S/C10H11NO4S2/c1-17(14,15)8-4-2-3-7-10(8)11-9(12)5-6-16(7)13/h2-4H,5-6H2,1H3,(H,11,12). The Morgan fingerprint density at radius 3 is 2.71 bits per heavy atom. The van der Waals surface area contributed by atoms with Gasteiger partial charge in [-0.3, -0.25) is 9.00 Å². The molecule has 7 heteroatoms. The third kappa shape index (κ3) is 2.39. The summed E-state index contributed by atoms with van der Waals surface area (Å²) in [5.41, 5.74) is 0.163. The molecule has 1 atom stereocenters. The van der Waals surface area contributed by atoms with Crippen LogP contribution < -0.4 is 5.32 Å². The lowest BCUT2D eigenvalue weighted by Gasteiger charge is -2.10. The van der Waals surface area contributed by atoms with Crippen LogP contribution in [-0.4, -0.2) is 30.5 Å². The number of para-hydroxylation sites is 1. The molecule has 0 radical (unpaired) electrons. The predicted molar refractivity (Wildman–Crippen MR) is 64.1 cm³/mol. The number of benzene rings is 1. The molecular weight excluding hydrogens is 262 g/mol. The van der Waals surface area contributed by atoms with E-state index >= 15 is 0 Å². The van der Waals surface area contributed by atoms with Crippen molar-refractivity contribution in [1.29, 1.82) is 0 Å². The first-order chi connectivity index (χ1) is 7.89. The van der Waals surface area contributed by atoms with Gasteiger partial charge in [-0.15, -0.1) is 0 Å². The van der Waals surface area contributed by atoms with Crippen molar-refractivity contribution >= 4 is 32.2 Å². The molecule has 17 heavy (non-hydrogen) atoms. The van der Waals surface area contributed by atoms with Gasteiger partial charge in [0, 0.05) is 18.4 Å². The van der Waals surface area contributed by atoms with Crippen molar-refractivity contribution in [3.63, 3.8) is 0 Å². The molecular formula is C10H11NO4S2. The van der Waals surface area contributed by atoms with E-state index in [1.54, 1.807) is 6.07 Å². The molecule has 0 saturated carbocycles. The number of carbonyl (C=O) groups is 1. The van der Waals surface area contributed by atoms with Gasteiger partial charge in [0.1, 0.15) is 0 Å². The Balaban J connectivity index is 2.72. The van der Waals surface area contributed by atoms with E-state index in [0.717, 1.165) is 6.26 Å². The molecule has 1 aliphatic rings. The third-order valence-corrected chi connectivity index (χ3v) is 4.96. The van der Waals surface area contributed by atoms with Crippen LogP contribution in [0.25, 0.3) is 0 Å². The van der Waals surface area contributed by atoms with E-state index in [1.807, 2.05) is 0 Å². The molecule has 1 aromatic carbocycles. The molecule has 2 rings (SSSR count). The van der Waals surface area contributed by atoms with E-state index in [2.05, 4.69) is 5.32 Å². The minimum Gasteiger partial charge on any atom is -0.324 e. The molecule has 1 unspecified atom stereocenters. The monoisotopic (exact) mass is 273 g/mol. The molecule has 1 aromatic rings. The molecule has 5 nitrogen and oxygen atoms in total. The summed E-state index contributed by atoms with van der Waals surface area (Å²) in [6.45, 7) is 0. The highest BCUT2D eigenvalue weighted by Crippen LogP contribution is 2.30. The van der Waals surface area contributed by atoms with Gasteiger partial charge in [-0.1, -0.05) is 6.07 Å². The minimum absolute atomic E-state index is 0.0126. The number of nitrogens with one attached hydrogen (secondary N) is 1. The molecule has 0 saturated heterocycles. The van der Waals surface area contributed by atoms with E-state index in [0.29, 0.717) is 4.90 Å². The van der Waals surface area contributed by atoms with E-state index in [4.69, 9.17) is 0 Å². The summed E-state index contributed by atoms with van der Waals surface area (Å²) in [7, 11) is -4.80. The fourth-order valence-corrected chi connectivity index (χ4v) is 3.76. The second-order valence-electron chi connectivity index (χ2n) is 3.75. The first kappa shape index (κ1) is 12.3. The summed E-state index contributed by atoms with van der Waals surface area (Å²) >= 11 is 0. The fraction of sp³-hybridized carbons (Fsp3) is 0.300. The van der Waals surface area contributed by atoms with Crippen LogP contribution in [0.2, 0.25) is 0 Å². The number of sulfone groups is 1. The van der Waals surface area contributed by atoms with Gasteiger partial charge in [0.25, 0.3) is 0 Å². The van der Waals surface area contributed by atoms with Crippen molar-refractivity contribution in [3.8, 4) is 0 Å². The Labute approximate surface area is 102 Å². The molecule has 0 aliphatic carbocycles. The average Bonchev–Trinajstić information content (AvgIpc) is 2.37. The zero-order valence-corrected chi connectivity index (χ0v) is 10.7. The normalized spacial score (nSPS) is 20.3. The smallest absolute Gasteiger partial charge is 0.225 e. The quantitative estimate of drug-likeness (QED) is 0.810. The van der Waals surface area contributed by atoms with Crippen LogP contribution in [0.3, 0.4) is 0 Å². The molecule has 92 valence electrons. The lowest BCUT2D eigenvalue weighted by atomic mass is 10.3. The second kappa shape index (κ2) is 4.23. The van der Waals surface area contributed by atoms with E-state index < -0.39 is 20.6 Å². The lowest BCUT2D eigenvalue weighted by molar-refractivity contribution is -0.115. The first-order valence-electron chi connectivity index (χ1n) is 4.91. The summed E-state index contributed by atoms with van der Waals surface area (Å²) in [6.07, 6.45) is 1.19. The highest BCUT2D eigenvalue weighted by atomic mass is 32.2. The van der Waals surface area contributed by atoms with E-state index in [9.17, 15) is 17.4 Å². The fourth-order valence-electron chi connectivity index (χ4n) is 1.63. The molecule has 1 amide bonds. The van der Waals surface area contributed by atoms with Gasteiger partial charge < -0.3 is 5.32 Å².